The van der Waals surface area contributed by atoms with Crippen LogP contribution in [0.25, 0.3) is 22.3 Å². The number of benzene rings is 7. The fourth-order valence-corrected chi connectivity index (χ4v) is 13.5. The average molecular weight is 1630 g/mol. The first-order valence-corrected chi connectivity index (χ1v) is 38.7. The van der Waals surface area contributed by atoms with E-state index >= 15 is 0 Å². The number of aromatic hydroxyl groups is 2. The average Bonchev–Trinajstić information content (AvgIpc) is 0.792. The Hall–Kier alpha value is -9.54. The summed E-state index contributed by atoms with van der Waals surface area (Å²) in [5.74, 6) is 5.29. The monoisotopic (exact) mass is 1630 g/mol. The molecule has 0 spiro atoms. The van der Waals surface area contributed by atoms with Gasteiger partial charge in [0.05, 0.1) is 92.5 Å². The lowest BCUT2D eigenvalue weighted by Crippen LogP contribution is -3.00. The van der Waals surface area contributed by atoms with Crippen LogP contribution in [0.1, 0.15) is 81.3 Å². The number of fused-ring (bicyclic) bond motifs is 2. The van der Waals surface area contributed by atoms with Gasteiger partial charge in [0, 0.05) is 98.2 Å². The summed E-state index contributed by atoms with van der Waals surface area (Å²) >= 11 is 0. The number of ether oxygens (including phenoxy) is 12. The summed E-state index contributed by atoms with van der Waals surface area (Å²) in [5.41, 5.74) is 14.7. The topological polar surface area (TPSA) is 167 Å². The van der Waals surface area contributed by atoms with Crippen LogP contribution in [0.5, 0.6) is 46.0 Å². The molecular weight excluding hydrogens is 1530 g/mol. The van der Waals surface area contributed by atoms with Gasteiger partial charge >= 0.3 is 0 Å². The number of phenolic OH excluding ortho intramolecular Hbond substituents is 2. The normalized spacial score (nSPS) is 15.4. The van der Waals surface area contributed by atoms with Gasteiger partial charge in [0.1, 0.15) is 85.5 Å². The zero-order chi connectivity index (χ0) is 75.0. The number of hydrogen-bond donors (Lipinski definition) is 2. The first-order valence-electron chi connectivity index (χ1n) is 38.7. The summed E-state index contributed by atoms with van der Waals surface area (Å²) in [5, 5.41) is 23.9. The maximum absolute atomic E-state index is 12.0. The molecule has 14 aliphatic heterocycles. The van der Waals surface area contributed by atoms with Crippen molar-refractivity contribution in [1.82, 2.24) is 0 Å². The van der Waals surface area contributed by atoms with Crippen molar-refractivity contribution >= 4 is 0 Å². The fourth-order valence-electron chi connectivity index (χ4n) is 13.5. The zero-order valence-electron chi connectivity index (χ0n) is 64.4. The fraction of sp³-hybridized carbons (Fsp3) is 0.326. The number of nitrogens with zero attached hydrogens (tertiary/aromatic N) is 4. The summed E-state index contributed by atoms with van der Waals surface area (Å²) in [4.78, 5) is 0. The third-order valence-electron chi connectivity index (χ3n) is 19.5. The van der Waals surface area contributed by atoms with Gasteiger partial charge in [-0.1, -0.05) is 97.1 Å². The number of rotatable bonds is 0. The molecule has 7 aromatic carbocycles. The van der Waals surface area contributed by atoms with E-state index in [9.17, 15) is 10.2 Å². The Bertz CT molecular complexity index is 4170. The lowest BCUT2D eigenvalue weighted by Gasteiger charge is -2.20. The van der Waals surface area contributed by atoms with Crippen LogP contribution in [-0.4, -0.2) is 129 Å². The largest absolute Gasteiger partial charge is 1.00 e. The third kappa shape index (κ3) is 27.3. The molecule has 26 rings (SSSR count). The quantitative estimate of drug-likeness (QED) is 0.210. The van der Waals surface area contributed by atoms with Gasteiger partial charge in [-0.05, 0) is 128 Å². The molecule has 0 amide bonds. The Morgan fingerprint density at radius 2 is 0.447 bits per heavy atom. The van der Waals surface area contributed by atoms with Crippen LogP contribution < -0.4 is 96.3 Å². The van der Waals surface area contributed by atoms with Gasteiger partial charge in [0.25, 0.3) is 0 Å². The van der Waals surface area contributed by atoms with Crippen molar-refractivity contribution in [3.05, 3.63) is 299 Å². The van der Waals surface area contributed by atoms with Crippen molar-refractivity contribution in [2.75, 3.05) is 119 Å². The van der Waals surface area contributed by atoms with Crippen molar-refractivity contribution < 1.29 is 135 Å². The van der Waals surface area contributed by atoms with E-state index in [1.807, 2.05) is 84.9 Å². The van der Waals surface area contributed by atoms with Gasteiger partial charge in [-0.2, -0.15) is 0 Å². The van der Waals surface area contributed by atoms with Gasteiger partial charge in [0.15, 0.2) is 62.7 Å². The molecule has 11 aromatic rings. The molecule has 18 heterocycles. The van der Waals surface area contributed by atoms with Gasteiger partial charge in [-0.3, -0.25) is 0 Å². The number of para-hydroxylation sites is 4. The number of pyridine rings is 4. The Morgan fingerprint density at radius 3 is 0.702 bits per heavy atom. The number of halogens is 4. The van der Waals surface area contributed by atoms with E-state index < -0.39 is 0 Å². The standard InChI is InChI=1S/C64H60N4O4.C28H40O10.4ClH/c69-61-53-9-5-11-55(61)43-59-15-8-16-60-44-56-12-6-10-54(62(56)70)42-58-14-7-13-57(41-53)63(58)71-39-3-1-29-65-31-21-49(22-32-65)51-25-35-67(36-26-51)45-47-17-19-48(20-18-47)46-68-37-27-52(28-38-68)50-23-33-66(34-24-50)30-2-4-40-72-64(59)60;1-2-26-4-3-25(1)35-21-17-31-13-9-29-11-15-33-19-23-37-27-5-7-28(8-6-27)38-24-20-34-16-12-30-10-14-32-18-22-36-26;;;;/h5-28,31-38H,1-4,29-30,39-46H2;1-8H,9-24H2;4*1H/q+2;;;;;/p-2. The minimum atomic E-state index is 0. The molecule has 18 nitrogen and oxygen atoms in total. The van der Waals surface area contributed by atoms with E-state index in [-0.39, 0.29) is 49.6 Å². The molecule has 0 unspecified atom stereocenters. The highest BCUT2D eigenvalue weighted by Crippen LogP contribution is 2.39. The Balaban J connectivity index is 0.000000302. The zero-order valence-corrected chi connectivity index (χ0v) is 67.4. The van der Waals surface area contributed by atoms with Crippen LogP contribution in [-0.2, 0) is 80.3 Å². The summed E-state index contributed by atoms with van der Waals surface area (Å²) < 4.78 is 78.4. The number of aryl methyl sites for hydroxylation is 2. The van der Waals surface area contributed by atoms with Crippen LogP contribution in [0.15, 0.2) is 244 Å². The van der Waals surface area contributed by atoms with Gasteiger partial charge in [-0.25, -0.2) is 18.3 Å². The van der Waals surface area contributed by atoms with E-state index in [1.54, 1.807) is 0 Å². The van der Waals surface area contributed by atoms with E-state index in [4.69, 9.17) is 56.8 Å². The van der Waals surface area contributed by atoms with Crippen LogP contribution >= 0.6 is 0 Å². The van der Waals surface area contributed by atoms with Crippen molar-refractivity contribution in [2.45, 2.75) is 77.5 Å². The first kappa shape index (κ1) is 88.4. The lowest BCUT2D eigenvalue weighted by molar-refractivity contribution is -0.697. The lowest BCUT2D eigenvalue weighted by atomic mass is 9.91. The highest BCUT2D eigenvalue weighted by atomic mass is 35.5. The van der Waals surface area contributed by atoms with Crippen LogP contribution in [0.2, 0.25) is 0 Å². The molecule has 114 heavy (non-hydrogen) atoms. The van der Waals surface area contributed by atoms with Crippen LogP contribution in [0.4, 0.5) is 0 Å². The molecule has 2 N–H and O–H groups in total. The van der Waals surface area contributed by atoms with Crippen molar-refractivity contribution in [3.8, 4) is 68.2 Å². The third-order valence-corrected chi connectivity index (χ3v) is 19.5. The molecule has 4 aromatic heterocycles. The van der Waals surface area contributed by atoms with E-state index in [2.05, 4.69) is 177 Å². The molecule has 0 saturated carbocycles. The molecule has 1 aliphatic carbocycles. The van der Waals surface area contributed by atoms with Gasteiger partial charge in [-0.15, -0.1) is 0 Å². The molecule has 0 radical (unpaired) electrons. The van der Waals surface area contributed by atoms with Crippen molar-refractivity contribution in [1.29, 1.82) is 0 Å². The highest BCUT2D eigenvalue weighted by molar-refractivity contribution is 5.62. The second-order valence-electron chi connectivity index (χ2n) is 27.5. The van der Waals surface area contributed by atoms with Crippen molar-refractivity contribution in [2.24, 2.45) is 0 Å². The number of phenols is 2. The molecule has 0 atom stereocenters. The van der Waals surface area contributed by atoms with Crippen LogP contribution in [0.3, 0.4) is 0 Å². The molecule has 24 bridgehead atoms. The smallest absolute Gasteiger partial charge is 0.173 e. The SMILES string of the molecule is Oc1c2cccc1Cc1cccc3c1OCCCC[n+]1ccc(cc1)-c1cc[n+](cc1)Cc1ccc(cc1)C[n+]1ccc(cc1)-c1cc[n+](cc1)CCCCOc1c(cccc1Cc1cccc(c1O)C3)C2.[Cl-].[Cl-].[Cl-].[Cl-].c1cc2ccc1OCCOCCOCCOCCOc1ccc(cc1)OCCOCCOCCOCCO2. The minimum absolute atomic E-state index is 0. The first-order chi connectivity index (χ1) is 54.3. The highest BCUT2D eigenvalue weighted by Gasteiger charge is 2.22. The van der Waals surface area contributed by atoms with Gasteiger partial charge < -0.3 is 117 Å². The second-order valence-corrected chi connectivity index (χ2v) is 27.5. The summed E-state index contributed by atoms with van der Waals surface area (Å²) in [7, 11) is 0. The van der Waals surface area contributed by atoms with Gasteiger partial charge in [0.2, 0.25) is 0 Å². The Labute approximate surface area is 694 Å². The van der Waals surface area contributed by atoms with E-state index in [0.29, 0.717) is 156 Å². The second kappa shape index (κ2) is 48.0. The summed E-state index contributed by atoms with van der Waals surface area (Å²) in [6.45, 7) is 12.2. The molecular formula is C92H102Cl4N4O14. The molecule has 602 valence electrons. The molecule has 22 heteroatoms. The van der Waals surface area contributed by atoms with Crippen LogP contribution in [0, 0.1) is 0 Å². The number of hydrogen-bond acceptors (Lipinski definition) is 14. The van der Waals surface area contributed by atoms with E-state index in [0.717, 1.165) is 131 Å². The summed E-state index contributed by atoms with van der Waals surface area (Å²) in [6, 6.07) is 66.2. The Morgan fingerprint density at radius 1 is 0.219 bits per heavy atom. The minimum Gasteiger partial charge on any atom is -1.00 e. The predicted molar refractivity (Wildman–Crippen MR) is 419 cm³/mol. The van der Waals surface area contributed by atoms with E-state index in [1.165, 1.54) is 33.4 Å². The Kier molecular flexibility index (Phi) is 37.2. The molecule has 0 fully saturated rings. The predicted octanol–water partition coefficient (Wildman–Crippen LogP) is 1.42. The maximum Gasteiger partial charge on any atom is 0.173 e. The summed E-state index contributed by atoms with van der Waals surface area (Å²) in [6.07, 6.45) is 23.0. The number of aromatic nitrogens is 4. The molecule has 15 aliphatic rings. The van der Waals surface area contributed by atoms with Crippen molar-refractivity contribution in [3.63, 3.8) is 0 Å². The maximum atomic E-state index is 12.0. The molecule has 0 saturated heterocycles.